The first-order valence-corrected chi connectivity index (χ1v) is 17.6. The van der Waals surface area contributed by atoms with Crippen molar-refractivity contribution in [3.8, 4) is 0 Å². The summed E-state index contributed by atoms with van der Waals surface area (Å²) in [7, 11) is -2.64. The summed E-state index contributed by atoms with van der Waals surface area (Å²) >= 11 is 0. The standard InChI is InChI=1S/C38H49Si.3ClH.Ti/c1-9-28-18-29(10-2)22-34(21-28)39(38-17-15-16-37(38)27(7)8,35-23-30(11-3)19-31(12-4)24-35)36-25-32(13-5)20-33(14-6)26-36;;;;/h17-27H,9-15H2,1-8H3;3*1H;/q-1;;;;. The molecule has 0 radical (unpaired) electrons. The van der Waals surface area contributed by atoms with Gasteiger partial charge in [0, 0.05) is 21.7 Å². The first-order valence-electron chi connectivity index (χ1n) is 15.6. The monoisotopic (exact) mass is 689 g/mol. The molecule has 3 aromatic carbocycles. The molecule has 0 spiro atoms. The van der Waals surface area contributed by atoms with Crippen LogP contribution in [0.4, 0.5) is 0 Å². The number of hydrogen-bond acceptors (Lipinski definition) is 0. The molecule has 3 aromatic rings. The molecule has 0 bridgehead atoms. The number of hydrogen-bond donors (Lipinski definition) is 0. The predicted molar refractivity (Wildman–Crippen MR) is 196 cm³/mol. The first kappa shape index (κ1) is 41.9. The van der Waals surface area contributed by atoms with E-state index >= 15 is 0 Å². The molecule has 5 heteroatoms. The van der Waals surface area contributed by atoms with Crippen LogP contribution in [-0.4, -0.2) is 8.07 Å². The summed E-state index contributed by atoms with van der Waals surface area (Å²) in [5.41, 5.74) is 10.2. The Balaban J connectivity index is 0.00000441. The van der Waals surface area contributed by atoms with Crippen LogP contribution in [0.2, 0.25) is 0 Å². The summed E-state index contributed by atoms with van der Waals surface area (Å²) < 4.78 is 0. The maximum atomic E-state index is 3.85. The molecular formula is C38H52Cl3SiTi-. The summed E-state index contributed by atoms with van der Waals surface area (Å²) in [4.78, 5) is 0. The summed E-state index contributed by atoms with van der Waals surface area (Å²) in [6.07, 6.45) is 13.7. The van der Waals surface area contributed by atoms with E-state index in [0.29, 0.717) is 5.92 Å². The molecule has 0 amide bonds. The average molecular weight is 691 g/mol. The van der Waals surface area contributed by atoms with E-state index in [0.717, 1.165) is 44.9 Å². The Labute approximate surface area is 297 Å². The third kappa shape index (κ3) is 8.60. The van der Waals surface area contributed by atoms with Gasteiger partial charge in [-0.3, -0.25) is 6.08 Å². The fraction of sp³-hybridized carbons (Fsp3) is 0.421. The molecule has 0 aliphatic heterocycles. The Kier molecular flexibility index (Phi) is 18.3. The van der Waals surface area contributed by atoms with E-state index in [1.807, 2.05) is 0 Å². The smallest absolute Gasteiger partial charge is 0.0994 e. The van der Waals surface area contributed by atoms with Crippen LogP contribution in [0.15, 0.2) is 71.4 Å². The minimum atomic E-state index is -2.64. The molecule has 234 valence electrons. The van der Waals surface area contributed by atoms with Gasteiger partial charge in [0.2, 0.25) is 0 Å². The molecule has 1 aliphatic carbocycles. The summed E-state index contributed by atoms with van der Waals surface area (Å²) in [6.45, 7) is 18.6. The Morgan fingerprint density at radius 2 is 0.814 bits per heavy atom. The normalized spacial score (nSPS) is 12.4. The van der Waals surface area contributed by atoms with Crippen molar-refractivity contribution in [2.24, 2.45) is 5.92 Å². The summed E-state index contributed by atoms with van der Waals surface area (Å²) in [5, 5.41) is 6.24. The third-order valence-corrected chi connectivity index (χ3v) is 13.5. The maximum Gasteiger partial charge on any atom is 0.0994 e. The quantitative estimate of drug-likeness (QED) is 0.107. The minimum Gasteiger partial charge on any atom is -0.269 e. The van der Waals surface area contributed by atoms with Crippen molar-refractivity contribution in [1.29, 1.82) is 0 Å². The van der Waals surface area contributed by atoms with Gasteiger partial charge in [-0.1, -0.05) is 131 Å². The number of benzene rings is 3. The molecule has 0 N–H and O–H groups in total. The third-order valence-electron chi connectivity index (χ3n) is 8.78. The summed E-state index contributed by atoms with van der Waals surface area (Å²) in [6, 6.07) is 22.8. The molecule has 0 unspecified atom stereocenters. The SMILES string of the molecule is CCc1cc(CC)cc([Si](C2=CC[C-]=C2C(C)C)(c2cc(CC)cc(CC)c2)c2cc(CC)cc(CC)c2)c1.Cl.Cl.Cl.[Ti]. The molecule has 43 heavy (non-hydrogen) atoms. The van der Waals surface area contributed by atoms with Crippen molar-refractivity contribution < 1.29 is 21.7 Å². The van der Waals surface area contributed by atoms with E-state index in [9.17, 15) is 0 Å². The van der Waals surface area contributed by atoms with Gasteiger partial charge in [-0.15, -0.1) is 43.6 Å². The topological polar surface area (TPSA) is 0 Å². The van der Waals surface area contributed by atoms with Gasteiger partial charge in [0.05, 0.1) is 8.07 Å². The Morgan fingerprint density at radius 1 is 0.535 bits per heavy atom. The average Bonchev–Trinajstić information content (AvgIpc) is 3.47. The van der Waals surface area contributed by atoms with Crippen LogP contribution >= 0.6 is 37.2 Å². The van der Waals surface area contributed by atoms with Crippen LogP contribution in [0.3, 0.4) is 0 Å². The van der Waals surface area contributed by atoms with Crippen molar-refractivity contribution >= 4 is 60.9 Å². The zero-order valence-corrected chi connectivity index (χ0v) is 32.5. The van der Waals surface area contributed by atoms with Crippen LogP contribution in [0, 0.1) is 12.0 Å². The molecule has 0 heterocycles. The van der Waals surface area contributed by atoms with E-state index in [4.69, 9.17) is 0 Å². The number of aryl methyl sites for hydroxylation is 6. The molecule has 0 nitrogen and oxygen atoms in total. The van der Waals surface area contributed by atoms with Gasteiger partial charge in [-0.05, 0) is 71.9 Å². The Bertz CT molecular complexity index is 1190. The van der Waals surface area contributed by atoms with Gasteiger partial charge in [0.1, 0.15) is 0 Å². The van der Waals surface area contributed by atoms with Gasteiger partial charge in [0.25, 0.3) is 0 Å². The summed E-state index contributed by atoms with van der Waals surface area (Å²) in [5.74, 6) is 0.450. The van der Waals surface area contributed by atoms with Gasteiger partial charge in [0.15, 0.2) is 0 Å². The minimum absolute atomic E-state index is 0. The molecule has 0 atom stereocenters. The van der Waals surface area contributed by atoms with Crippen LogP contribution in [0.25, 0.3) is 0 Å². The molecular weight excluding hydrogens is 639 g/mol. The molecule has 0 saturated heterocycles. The van der Waals surface area contributed by atoms with E-state index < -0.39 is 8.07 Å². The van der Waals surface area contributed by atoms with Crippen molar-refractivity contribution in [2.45, 2.75) is 100 Å². The number of allylic oxidation sites excluding steroid dienone is 4. The maximum absolute atomic E-state index is 3.85. The van der Waals surface area contributed by atoms with Crippen molar-refractivity contribution in [3.63, 3.8) is 0 Å². The molecule has 4 rings (SSSR count). The van der Waals surface area contributed by atoms with E-state index in [1.165, 1.54) is 39.0 Å². The van der Waals surface area contributed by atoms with E-state index in [2.05, 4.69) is 122 Å². The van der Waals surface area contributed by atoms with Crippen molar-refractivity contribution in [2.75, 3.05) is 0 Å². The zero-order chi connectivity index (χ0) is 28.2. The van der Waals surface area contributed by atoms with E-state index in [1.54, 1.807) is 20.8 Å². The van der Waals surface area contributed by atoms with E-state index in [-0.39, 0.29) is 58.9 Å². The second kappa shape index (κ2) is 18.8. The number of halogens is 3. The zero-order valence-electron chi connectivity index (χ0n) is 27.5. The molecule has 1 aliphatic rings. The largest absolute Gasteiger partial charge is 0.269 e. The predicted octanol–water partition coefficient (Wildman–Crippen LogP) is 9.05. The van der Waals surface area contributed by atoms with Crippen molar-refractivity contribution in [3.05, 3.63) is 111 Å². The van der Waals surface area contributed by atoms with Gasteiger partial charge < -0.3 is 0 Å². The fourth-order valence-electron chi connectivity index (χ4n) is 6.47. The first-order chi connectivity index (χ1) is 18.8. The van der Waals surface area contributed by atoms with Crippen LogP contribution in [-0.2, 0) is 60.2 Å². The van der Waals surface area contributed by atoms with Gasteiger partial charge >= 0.3 is 0 Å². The van der Waals surface area contributed by atoms with Gasteiger partial charge in [-0.2, -0.15) is 11.3 Å². The van der Waals surface area contributed by atoms with Crippen LogP contribution < -0.4 is 15.6 Å². The Morgan fingerprint density at radius 3 is 1.05 bits per heavy atom. The van der Waals surface area contributed by atoms with Gasteiger partial charge in [-0.25, -0.2) is 5.57 Å². The molecule has 0 aromatic heterocycles. The van der Waals surface area contributed by atoms with Crippen molar-refractivity contribution in [1.82, 2.24) is 0 Å². The second-order valence-electron chi connectivity index (χ2n) is 11.6. The van der Waals surface area contributed by atoms with Crippen LogP contribution in [0.1, 0.15) is 95.2 Å². The van der Waals surface area contributed by atoms with Crippen LogP contribution in [0.5, 0.6) is 0 Å². The molecule has 0 saturated carbocycles. The second-order valence-corrected chi connectivity index (χ2v) is 15.3. The fourth-order valence-corrected chi connectivity index (χ4v) is 12.0. The Hall–Kier alpha value is -1.06. The number of rotatable bonds is 11. The molecule has 0 fully saturated rings.